The number of halogens is 1. The lowest BCUT2D eigenvalue weighted by molar-refractivity contribution is -0.114. The molecule has 0 aromatic heterocycles. The Bertz CT molecular complexity index is 807. The maximum absolute atomic E-state index is 11.1. The van der Waals surface area contributed by atoms with Crippen LogP contribution < -0.4 is 20.7 Å². The molecule has 0 bridgehead atoms. The van der Waals surface area contributed by atoms with Gasteiger partial charge in [0.15, 0.2) is 5.96 Å². The molecule has 29 heavy (non-hydrogen) atoms. The van der Waals surface area contributed by atoms with Gasteiger partial charge < -0.3 is 20.7 Å². The number of hydrogen-bond donors (Lipinski definition) is 3. The number of ether oxygens (including phenoxy) is 1. The Morgan fingerprint density at radius 1 is 1.10 bits per heavy atom. The van der Waals surface area contributed by atoms with Crippen LogP contribution >= 0.6 is 24.0 Å². The summed E-state index contributed by atoms with van der Waals surface area (Å²) in [4.78, 5) is 15.3. The third-order valence-electron chi connectivity index (χ3n) is 4.17. The predicted octanol–water partition coefficient (Wildman–Crippen LogP) is 3.88. The third-order valence-corrected chi connectivity index (χ3v) is 4.17. The second-order valence-corrected chi connectivity index (χ2v) is 6.52. The van der Waals surface area contributed by atoms with Crippen LogP contribution in [0.25, 0.3) is 0 Å². The SMILES string of the molecule is CCOc1cc(C)ccc1CNC(=NC)NCCc1ccc(NC(C)=O)cc1.I. The lowest BCUT2D eigenvalue weighted by Crippen LogP contribution is -2.37. The summed E-state index contributed by atoms with van der Waals surface area (Å²) in [6.07, 6.45) is 0.857. The molecule has 0 atom stereocenters. The normalized spacial score (nSPS) is 10.7. The van der Waals surface area contributed by atoms with Crippen LogP contribution in [-0.4, -0.2) is 32.1 Å². The number of nitrogens with zero attached hydrogens (tertiary/aromatic N) is 1. The van der Waals surface area contributed by atoms with Crippen molar-refractivity contribution in [1.29, 1.82) is 0 Å². The Morgan fingerprint density at radius 3 is 2.45 bits per heavy atom. The van der Waals surface area contributed by atoms with Crippen molar-refractivity contribution < 1.29 is 9.53 Å². The molecule has 0 aliphatic heterocycles. The summed E-state index contributed by atoms with van der Waals surface area (Å²) >= 11 is 0. The summed E-state index contributed by atoms with van der Waals surface area (Å²) in [5.41, 5.74) is 4.28. The van der Waals surface area contributed by atoms with Crippen LogP contribution in [0.2, 0.25) is 0 Å². The van der Waals surface area contributed by atoms with Crippen molar-refractivity contribution in [2.24, 2.45) is 4.99 Å². The van der Waals surface area contributed by atoms with Crippen LogP contribution in [0.5, 0.6) is 5.75 Å². The van der Waals surface area contributed by atoms with Gasteiger partial charge in [0, 0.05) is 38.3 Å². The molecule has 2 rings (SSSR count). The number of amides is 1. The average molecular weight is 510 g/mol. The van der Waals surface area contributed by atoms with Gasteiger partial charge in [-0.2, -0.15) is 0 Å². The molecular weight excluding hydrogens is 479 g/mol. The van der Waals surface area contributed by atoms with E-state index in [0.717, 1.165) is 35.9 Å². The molecule has 3 N–H and O–H groups in total. The topological polar surface area (TPSA) is 74.8 Å². The molecule has 158 valence electrons. The van der Waals surface area contributed by atoms with Gasteiger partial charge >= 0.3 is 0 Å². The molecule has 0 aliphatic rings. The zero-order valence-electron chi connectivity index (χ0n) is 17.5. The van der Waals surface area contributed by atoms with Crippen molar-refractivity contribution in [2.75, 3.05) is 25.5 Å². The van der Waals surface area contributed by atoms with Crippen LogP contribution in [0.15, 0.2) is 47.5 Å². The molecular formula is C22H31IN4O2. The Morgan fingerprint density at radius 2 is 1.83 bits per heavy atom. The van der Waals surface area contributed by atoms with E-state index in [1.54, 1.807) is 7.05 Å². The maximum Gasteiger partial charge on any atom is 0.221 e. The molecule has 0 saturated carbocycles. The number of anilines is 1. The highest BCUT2D eigenvalue weighted by atomic mass is 127. The van der Waals surface area contributed by atoms with Gasteiger partial charge in [-0.15, -0.1) is 24.0 Å². The zero-order valence-corrected chi connectivity index (χ0v) is 19.9. The van der Waals surface area contributed by atoms with Crippen molar-refractivity contribution in [3.05, 3.63) is 59.2 Å². The lowest BCUT2D eigenvalue weighted by Gasteiger charge is -2.15. The van der Waals surface area contributed by atoms with Gasteiger partial charge in [0.05, 0.1) is 6.61 Å². The van der Waals surface area contributed by atoms with Gasteiger partial charge in [0.25, 0.3) is 0 Å². The summed E-state index contributed by atoms with van der Waals surface area (Å²) in [5.74, 6) is 1.59. The summed E-state index contributed by atoms with van der Waals surface area (Å²) in [7, 11) is 1.76. The molecule has 0 fully saturated rings. The van der Waals surface area contributed by atoms with Crippen molar-refractivity contribution in [3.8, 4) is 5.75 Å². The smallest absolute Gasteiger partial charge is 0.221 e. The first-order chi connectivity index (χ1) is 13.5. The number of aryl methyl sites for hydroxylation is 1. The largest absolute Gasteiger partial charge is 0.494 e. The molecule has 0 aliphatic carbocycles. The highest BCUT2D eigenvalue weighted by Gasteiger charge is 2.05. The molecule has 0 heterocycles. The first-order valence-electron chi connectivity index (χ1n) is 9.55. The summed E-state index contributed by atoms with van der Waals surface area (Å²) in [6.45, 7) is 7.59. The standard InChI is InChI=1S/C22H30N4O2.HI/c1-5-28-21-14-16(2)6-9-19(21)15-25-22(23-4)24-13-12-18-7-10-20(11-8-18)26-17(3)27;/h6-11,14H,5,12-13,15H2,1-4H3,(H,26,27)(H2,23,24,25);1H. The third kappa shape index (κ3) is 8.72. The van der Waals surface area contributed by atoms with Crippen molar-refractivity contribution in [2.45, 2.75) is 33.7 Å². The van der Waals surface area contributed by atoms with Gasteiger partial charge in [0.1, 0.15) is 5.75 Å². The van der Waals surface area contributed by atoms with E-state index in [0.29, 0.717) is 13.2 Å². The Labute approximate surface area is 190 Å². The monoisotopic (exact) mass is 510 g/mol. The van der Waals surface area contributed by atoms with Crippen molar-refractivity contribution in [3.63, 3.8) is 0 Å². The van der Waals surface area contributed by atoms with Crippen LogP contribution in [0, 0.1) is 6.92 Å². The van der Waals surface area contributed by atoms with Crippen LogP contribution in [0.3, 0.4) is 0 Å². The Balaban J connectivity index is 0.00000420. The van der Waals surface area contributed by atoms with E-state index in [2.05, 4.69) is 46.1 Å². The second-order valence-electron chi connectivity index (χ2n) is 6.52. The molecule has 0 spiro atoms. The Kier molecular flexibility index (Phi) is 11.1. The minimum Gasteiger partial charge on any atom is -0.494 e. The quantitative estimate of drug-likeness (QED) is 0.286. The first kappa shape index (κ1) is 24.7. The molecule has 1 amide bonds. The fourth-order valence-electron chi connectivity index (χ4n) is 2.78. The van der Waals surface area contributed by atoms with E-state index in [1.807, 2.05) is 31.2 Å². The van der Waals surface area contributed by atoms with Gasteiger partial charge in [-0.05, 0) is 49.6 Å². The number of rotatable bonds is 8. The fraction of sp³-hybridized carbons (Fsp3) is 0.364. The van der Waals surface area contributed by atoms with Gasteiger partial charge in [-0.1, -0.05) is 24.3 Å². The van der Waals surface area contributed by atoms with E-state index in [4.69, 9.17) is 4.74 Å². The van der Waals surface area contributed by atoms with Crippen molar-refractivity contribution >= 4 is 41.5 Å². The number of benzene rings is 2. The zero-order chi connectivity index (χ0) is 20.4. The molecule has 0 unspecified atom stereocenters. The van der Waals surface area contributed by atoms with Crippen molar-refractivity contribution in [1.82, 2.24) is 10.6 Å². The van der Waals surface area contributed by atoms with E-state index in [1.165, 1.54) is 18.1 Å². The molecule has 0 radical (unpaired) electrons. The lowest BCUT2D eigenvalue weighted by atomic mass is 10.1. The number of nitrogens with one attached hydrogen (secondary N) is 3. The highest BCUT2D eigenvalue weighted by Crippen LogP contribution is 2.20. The summed E-state index contributed by atoms with van der Waals surface area (Å²) in [6, 6.07) is 14.1. The highest BCUT2D eigenvalue weighted by molar-refractivity contribution is 14.0. The average Bonchev–Trinajstić information content (AvgIpc) is 2.67. The molecule has 7 heteroatoms. The summed E-state index contributed by atoms with van der Waals surface area (Å²) < 4.78 is 5.73. The van der Waals surface area contributed by atoms with Gasteiger partial charge in [0.2, 0.25) is 5.91 Å². The number of carbonyl (C=O) groups is 1. The fourth-order valence-corrected chi connectivity index (χ4v) is 2.78. The second kappa shape index (κ2) is 13.0. The minimum atomic E-state index is -0.0645. The van der Waals surface area contributed by atoms with Gasteiger partial charge in [-0.25, -0.2) is 0 Å². The van der Waals surface area contributed by atoms with Crippen LogP contribution in [-0.2, 0) is 17.8 Å². The number of aliphatic imine (C=N–C) groups is 1. The number of hydrogen-bond acceptors (Lipinski definition) is 3. The summed E-state index contributed by atoms with van der Waals surface area (Å²) in [5, 5.41) is 9.43. The van der Waals surface area contributed by atoms with E-state index in [9.17, 15) is 4.79 Å². The van der Waals surface area contributed by atoms with Crippen LogP contribution in [0.4, 0.5) is 5.69 Å². The van der Waals surface area contributed by atoms with Crippen LogP contribution in [0.1, 0.15) is 30.5 Å². The predicted molar refractivity (Wildman–Crippen MR) is 130 cm³/mol. The molecule has 2 aromatic carbocycles. The van der Waals surface area contributed by atoms with E-state index in [-0.39, 0.29) is 29.9 Å². The minimum absolute atomic E-state index is 0. The Hall–Kier alpha value is -2.29. The molecule has 6 nitrogen and oxygen atoms in total. The first-order valence-corrected chi connectivity index (χ1v) is 9.55. The number of carbonyl (C=O) groups excluding carboxylic acids is 1. The van der Waals surface area contributed by atoms with E-state index < -0.39 is 0 Å². The van der Waals surface area contributed by atoms with Gasteiger partial charge in [-0.3, -0.25) is 9.79 Å². The maximum atomic E-state index is 11.1. The number of guanidine groups is 1. The molecule has 2 aromatic rings. The van der Waals surface area contributed by atoms with E-state index >= 15 is 0 Å². The molecule has 0 saturated heterocycles.